The number of anilines is 1. The van der Waals surface area contributed by atoms with Gasteiger partial charge in [-0.1, -0.05) is 30.7 Å². The number of primary amides is 1. The fourth-order valence-corrected chi connectivity index (χ4v) is 5.81. The Kier molecular flexibility index (Phi) is 7.36. The first-order valence-electron chi connectivity index (χ1n) is 13.3. The zero-order chi connectivity index (χ0) is 29.5. The summed E-state index contributed by atoms with van der Waals surface area (Å²) in [5.41, 5.74) is 8.69. The standard InChI is InChI=1S/C30H32ClN7O3/c1-18-5-6-22(26(31)25(18)28(33)39)30(4)7-9-37(10-8-30)24-15-34-23(14-35-24)21-11-20(41-17-29(2,3)40)16-38-27(21)19(12-32)13-36-38/h5-6,11,13-16,40H,7-10,17H2,1-4H3,(H2,33,39). The number of nitrogens with two attached hydrogens (primary N) is 1. The maximum absolute atomic E-state index is 12.0. The van der Waals surface area contributed by atoms with Crippen LogP contribution >= 0.6 is 11.6 Å². The van der Waals surface area contributed by atoms with Crippen molar-refractivity contribution >= 4 is 28.8 Å². The van der Waals surface area contributed by atoms with Crippen molar-refractivity contribution in [2.75, 3.05) is 24.6 Å². The van der Waals surface area contributed by atoms with Crippen molar-refractivity contribution < 1.29 is 14.6 Å². The van der Waals surface area contributed by atoms with Crippen LogP contribution in [0.3, 0.4) is 0 Å². The number of hydrogen-bond donors (Lipinski definition) is 2. The minimum Gasteiger partial charge on any atom is -0.489 e. The number of pyridine rings is 1. The average Bonchev–Trinajstić information content (AvgIpc) is 3.34. The lowest BCUT2D eigenvalue weighted by atomic mass is 9.73. The maximum Gasteiger partial charge on any atom is 0.250 e. The van der Waals surface area contributed by atoms with E-state index in [-0.39, 0.29) is 12.0 Å². The summed E-state index contributed by atoms with van der Waals surface area (Å²) in [4.78, 5) is 23.6. The molecule has 1 amide bonds. The van der Waals surface area contributed by atoms with Gasteiger partial charge < -0.3 is 20.5 Å². The first-order chi connectivity index (χ1) is 19.4. The van der Waals surface area contributed by atoms with Crippen molar-refractivity contribution in [3.05, 3.63) is 70.3 Å². The second kappa shape index (κ2) is 10.7. The molecule has 1 fully saturated rings. The highest BCUT2D eigenvalue weighted by Gasteiger charge is 2.35. The molecule has 0 atom stereocenters. The highest BCUT2D eigenvalue weighted by Crippen LogP contribution is 2.41. The largest absolute Gasteiger partial charge is 0.489 e. The minimum absolute atomic E-state index is 0.0838. The molecule has 0 bridgehead atoms. The van der Waals surface area contributed by atoms with Crippen LogP contribution in [0.2, 0.25) is 5.02 Å². The molecule has 10 nitrogen and oxygen atoms in total. The Hall–Kier alpha value is -4.20. The zero-order valence-corrected chi connectivity index (χ0v) is 24.2. The molecule has 3 aromatic heterocycles. The number of hydrogen-bond acceptors (Lipinski definition) is 8. The third-order valence-corrected chi connectivity index (χ3v) is 8.04. The molecule has 1 saturated heterocycles. The quantitative estimate of drug-likeness (QED) is 0.330. The molecule has 1 aliphatic rings. The van der Waals surface area contributed by atoms with Crippen LogP contribution in [0.25, 0.3) is 16.8 Å². The summed E-state index contributed by atoms with van der Waals surface area (Å²) < 4.78 is 7.39. The number of carbonyl (C=O) groups excluding carboxylic acids is 1. The molecule has 41 heavy (non-hydrogen) atoms. The Labute approximate surface area is 243 Å². The van der Waals surface area contributed by atoms with Crippen molar-refractivity contribution in [1.29, 1.82) is 5.26 Å². The van der Waals surface area contributed by atoms with Gasteiger partial charge in [0.1, 0.15) is 24.2 Å². The summed E-state index contributed by atoms with van der Waals surface area (Å²) >= 11 is 6.68. The molecule has 1 aromatic carbocycles. The number of ether oxygens (including phenoxy) is 1. The average molecular weight is 574 g/mol. The molecule has 212 valence electrons. The minimum atomic E-state index is -1.02. The lowest BCUT2D eigenvalue weighted by Crippen LogP contribution is -2.41. The van der Waals surface area contributed by atoms with Gasteiger partial charge in [-0.3, -0.25) is 9.78 Å². The number of nitriles is 1. The Balaban J connectivity index is 1.39. The third kappa shape index (κ3) is 5.56. The molecule has 0 saturated carbocycles. The van der Waals surface area contributed by atoms with E-state index in [2.05, 4.69) is 23.0 Å². The number of amides is 1. The number of nitrogens with zero attached hydrogens (tertiary/aromatic N) is 6. The van der Waals surface area contributed by atoms with E-state index in [0.717, 1.165) is 42.9 Å². The van der Waals surface area contributed by atoms with E-state index in [9.17, 15) is 15.2 Å². The topological polar surface area (TPSA) is 143 Å². The number of aryl methyl sites for hydroxylation is 1. The number of carbonyl (C=O) groups is 1. The molecule has 4 aromatic rings. The van der Waals surface area contributed by atoms with E-state index in [4.69, 9.17) is 32.0 Å². The van der Waals surface area contributed by atoms with Crippen LogP contribution in [0.1, 0.15) is 60.7 Å². The Bertz CT molecular complexity index is 1660. The number of benzene rings is 1. The highest BCUT2D eigenvalue weighted by molar-refractivity contribution is 6.34. The van der Waals surface area contributed by atoms with Gasteiger partial charge >= 0.3 is 0 Å². The predicted molar refractivity (Wildman–Crippen MR) is 156 cm³/mol. The molecule has 0 unspecified atom stereocenters. The number of fused-ring (bicyclic) bond motifs is 1. The Morgan fingerprint density at radius 3 is 2.59 bits per heavy atom. The predicted octanol–water partition coefficient (Wildman–Crippen LogP) is 4.43. The van der Waals surface area contributed by atoms with Crippen molar-refractivity contribution in [1.82, 2.24) is 19.6 Å². The summed E-state index contributed by atoms with van der Waals surface area (Å²) in [6.07, 6.45) is 8.19. The molecule has 1 aliphatic heterocycles. The van der Waals surface area contributed by atoms with Gasteiger partial charge in [0, 0.05) is 18.7 Å². The van der Waals surface area contributed by atoms with Crippen LogP contribution in [-0.4, -0.2) is 55.9 Å². The van der Waals surface area contributed by atoms with Gasteiger partial charge in [-0.25, -0.2) is 9.50 Å². The maximum atomic E-state index is 12.0. The number of rotatable bonds is 7. The van der Waals surface area contributed by atoms with Gasteiger partial charge in [0.05, 0.1) is 57.7 Å². The molecule has 4 heterocycles. The third-order valence-electron chi connectivity index (χ3n) is 7.65. The monoisotopic (exact) mass is 573 g/mol. The van der Waals surface area contributed by atoms with E-state index >= 15 is 0 Å². The Morgan fingerprint density at radius 1 is 1.24 bits per heavy atom. The fourth-order valence-electron chi connectivity index (χ4n) is 5.28. The summed E-state index contributed by atoms with van der Waals surface area (Å²) in [5.74, 6) is 0.705. The normalized spacial score (nSPS) is 15.1. The lowest BCUT2D eigenvalue weighted by Gasteiger charge is -2.41. The molecule has 0 spiro atoms. The van der Waals surface area contributed by atoms with Crippen molar-refractivity contribution in [3.8, 4) is 23.1 Å². The second-order valence-corrected chi connectivity index (χ2v) is 11.8. The Morgan fingerprint density at radius 2 is 1.98 bits per heavy atom. The van der Waals surface area contributed by atoms with Crippen LogP contribution in [-0.2, 0) is 5.41 Å². The summed E-state index contributed by atoms with van der Waals surface area (Å²) in [5, 5.41) is 24.5. The van der Waals surface area contributed by atoms with Gasteiger partial charge in [0.2, 0.25) is 5.91 Å². The lowest BCUT2D eigenvalue weighted by molar-refractivity contribution is 0.0283. The van der Waals surface area contributed by atoms with Crippen LogP contribution in [0.15, 0.2) is 43.0 Å². The highest BCUT2D eigenvalue weighted by atomic mass is 35.5. The summed E-state index contributed by atoms with van der Waals surface area (Å²) in [7, 11) is 0. The summed E-state index contributed by atoms with van der Waals surface area (Å²) in [6.45, 7) is 8.86. The zero-order valence-electron chi connectivity index (χ0n) is 23.5. The molecule has 5 rings (SSSR count). The molecule has 0 aliphatic carbocycles. The van der Waals surface area contributed by atoms with Gasteiger partial charge in [-0.15, -0.1) is 0 Å². The van der Waals surface area contributed by atoms with Crippen LogP contribution in [0, 0.1) is 18.3 Å². The van der Waals surface area contributed by atoms with Gasteiger partial charge in [-0.05, 0) is 56.2 Å². The first-order valence-corrected chi connectivity index (χ1v) is 13.7. The molecule has 0 radical (unpaired) electrons. The van der Waals surface area contributed by atoms with Crippen LogP contribution in [0.4, 0.5) is 5.82 Å². The van der Waals surface area contributed by atoms with E-state index in [0.29, 0.717) is 38.7 Å². The molecule has 11 heteroatoms. The number of piperidine rings is 1. The van der Waals surface area contributed by atoms with Crippen molar-refractivity contribution in [3.63, 3.8) is 0 Å². The molecule has 3 N–H and O–H groups in total. The van der Waals surface area contributed by atoms with Gasteiger partial charge in [0.15, 0.2) is 0 Å². The number of aliphatic hydroxyl groups is 1. The van der Waals surface area contributed by atoms with Crippen LogP contribution in [0.5, 0.6) is 5.75 Å². The van der Waals surface area contributed by atoms with E-state index in [1.54, 1.807) is 43.0 Å². The van der Waals surface area contributed by atoms with Crippen molar-refractivity contribution in [2.24, 2.45) is 5.73 Å². The molecular weight excluding hydrogens is 542 g/mol. The first kappa shape index (κ1) is 28.3. The fraction of sp³-hybridized carbons (Fsp3) is 0.367. The van der Waals surface area contributed by atoms with Gasteiger partial charge in [0.25, 0.3) is 0 Å². The van der Waals surface area contributed by atoms with E-state index in [1.165, 1.54) is 6.20 Å². The number of halogens is 1. The van der Waals surface area contributed by atoms with Gasteiger partial charge in [-0.2, -0.15) is 10.4 Å². The van der Waals surface area contributed by atoms with Crippen molar-refractivity contribution in [2.45, 2.75) is 51.6 Å². The van der Waals surface area contributed by atoms with Crippen LogP contribution < -0.4 is 15.4 Å². The smallest absolute Gasteiger partial charge is 0.250 e. The molecular formula is C30H32ClN7O3. The number of aromatic nitrogens is 4. The van der Waals surface area contributed by atoms with E-state index in [1.807, 2.05) is 19.1 Å². The second-order valence-electron chi connectivity index (χ2n) is 11.4. The summed E-state index contributed by atoms with van der Waals surface area (Å²) in [6, 6.07) is 7.87. The van der Waals surface area contributed by atoms with E-state index < -0.39 is 11.5 Å². The SMILES string of the molecule is Cc1ccc(C2(C)CCN(c3cnc(-c4cc(OCC(C)(C)O)cn5ncc(C#N)c45)cn3)CC2)c(Cl)c1C(N)=O.